The van der Waals surface area contributed by atoms with Crippen LogP contribution >= 0.6 is 0 Å². The van der Waals surface area contributed by atoms with Crippen molar-refractivity contribution in [3.63, 3.8) is 0 Å². The Hall–Kier alpha value is -2.59. The first-order chi connectivity index (χ1) is 19.3. The molecule has 1 fully saturated rings. The van der Waals surface area contributed by atoms with Gasteiger partial charge in [-0.1, -0.05) is 46.5 Å². The van der Waals surface area contributed by atoms with E-state index in [4.69, 9.17) is 15.6 Å². The molecule has 40 heavy (non-hydrogen) atoms. The predicted octanol–water partition coefficient (Wildman–Crippen LogP) is 6.24. The molecule has 0 unspecified atom stereocenters. The minimum atomic E-state index is -4.42. The molecule has 230 valence electrons. The van der Waals surface area contributed by atoms with E-state index < -0.39 is 11.7 Å². The first-order valence-corrected chi connectivity index (χ1v) is 14.0. The van der Waals surface area contributed by atoms with E-state index in [1.54, 1.807) is 4.90 Å². The highest BCUT2D eigenvalue weighted by Gasteiger charge is 2.33. The van der Waals surface area contributed by atoms with Gasteiger partial charge in [0, 0.05) is 57.6 Å². The third kappa shape index (κ3) is 18.7. The SMILES string of the molecule is C#C.C#C.C1CCCOCC1.CCC.CCC[C@H](CCCN)C(=O)N1CCc2ncc(C(F)(F)F)cc2C1.CO. The smallest absolute Gasteiger partial charge is 0.400 e. The Labute approximate surface area is 241 Å². The minimum Gasteiger partial charge on any atom is -0.400 e. The third-order valence-electron chi connectivity index (χ3n) is 5.75. The highest BCUT2D eigenvalue weighted by Crippen LogP contribution is 2.31. The van der Waals surface area contributed by atoms with Crippen molar-refractivity contribution in [3.05, 3.63) is 29.1 Å². The molecule has 1 aromatic rings. The monoisotopic (exact) mass is 571 g/mol. The quantitative estimate of drug-likeness (QED) is 0.395. The van der Waals surface area contributed by atoms with Gasteiger partial charge >= 0.3 is 6.18 Å². The molecule has 0 spiro atoms. The van der Waals surface area contributed by atoms with E-state index in [1.807, 2.05) is 6.92 Å². The highest BCUT2D eigenvalue weighted by molar-refractivity contribution is 5.79. The van der Waals surface area contributed by atoms with Gasteiger partial charge in [-0.3, -0.25) is 9.78 Å². The Balaban J connectivity index is -0.000000706. The lowest BCUT2D eigenvalue weighted by Crippen LogP contribution is -2.40. The van der Waals surface area contributed by atoms with E-state index in [2.05, 4.69) is 44.5 Å². The molecule has 0 aliphatic carbocycles. The number of ether oxygens (including phenoxy) is 1. The van der Waals surface area contributed by atoms with E-state index in [1.165, 1.54) is 32.1 Å². The molecule has 1 amide bonds. The summed E-state index contributed by atoms with van der Waals surface area (Å²) in [7, 11) is 1.00. The molecule has 0 aromatic carbocycles. The lowest BCUT2D eigenvalue weighted by molar-refractivity contribution is -0.138. The molecule has 1 aromatic heterocycles. The lowest BCUT2D eigenvalue weighted by atomic mass is 9.94. The second-order valence-electron chi connectivity index (χ2n) is 8.99. The predicted molar refractivity (Wildman–Crippen MR) is 158 cm³/mol. The number of aliphatic hydroxyl groups is 1. The van der Waals surface area contributed by atoms with Gasteiger partial charge in [0.05, 0.1) is 5.56 Å². The standard InChI is InChI=1S/C17H24F3N3O.C6H12O.C3H8.2C2H2.CH4O/c1-2-4-12(5-3-7-21)16(24)23-8-6-15-13(11-23)9-14(10-22-15)17(18,19)20;1-2-4-6-7-5-3-1;1-3-2;3*1-2/h9-10,12H,2-8,11,21H2,1H3;1-6H2;3H2,1-2H3;2*1-2H;2H,1H3/t12-;;;;;/m1...../s1. The van der Waals surface area contributed by atoms with Crippen molar-refractivity contribution in [3.8, 4) is 25.7 Å². The van der Waals surface area contributed by atoms with Gasteiger partial charge < -0.3 is 20.5 Å². The minimum absolute atomic E-state index is 0.0216. The van der Waals surface area contributed by atoms with Crippen LogP contribution in [0.4, 0.5) is 13.2 Å². The van der Waals surface area contributed by atoms with Crippen molar-refractivity contribution in [2.45, 2.75) is 97.7 Å². The van der Waals surface area contributed by atoms with Crippen molar-refractivity contribution in [1.82, 2.24) is 9.88 Å². The second kappa shape index (κ2) is 28.0. The number of aliphatic hydroxyl groups excluding tert-OH is 1. The van der Waals surface area contributed by atoms with Gasteiger partial charge in [-0.2, -0.15) is 13.2 Å². The van der Waals surface area contributed by atoms with E-state index >= 15 is 0 Å². The fraction of sp³-hybridized carbons (Fsp3) is 0.677. The molecular formula is C31H52F3N3O3. The van der Waals surface area contributed by atoms with Crippen LogP contribution in [0.2, 0.25) is 0 Å². The molecule has 6 nitrogen and oxygen atoms in total. The van der Waals surface area contributed by atoms with E-state index in [-0.39, 0.29) is 18.4 Å². The summed E-state index contributed by atoms with van der Waals surface area (Å²) in [5.74, 6) is -0.0766. The van der Waals surface area contributed by atoms with Gasteiger partial charge in [0.1, 0.15) is 0 Å². The van der Waals surface area contributed by atoms with Gasteiger partial charge in [0.15, 0.2) is 0 Å². The van der Waals surface area contributed by atoms with Gasteiger partial charge in [-0.05, 0) is 50.3 Å². The van der Waals surface area contributed by atoms with Crippen LogP contribution in [-0.4, -0.2) is 54.3 Å². The Kier molecular flexibility index (Phi) is 29.3. The molecular weight excluding hydrogens is 519 g/mol. The molecule has 0 bridgehead atoms. The number of amides is 1. The van der Waals surface area contributed by atoms with E-state index in [9.17, 15) is 18.0 Å². The number of terminal acetylenes is 2. The zero-order valence-corrected chi connectivity index (χ0v) is 25.0. The maximum Gasteiger partial charge on any atom is 0.417 e. The molecule has 3 N–H and O–H groups in total. The number of hydrogen-bond donors (Lipinski definition) is 2. The Morgan fingerprint density at radius 3 is 2.10 bits per heavy atom. The summed E-state index contributed by atoms with van der Waals surface area (Å²) in [6.07, 6.45) is 22.7. The maximum absolute atomic E-state index is 12.8. The summed E-state index contributed by atoms with van der Waals surface area (Å²) < 4.78 is 43.7. The third-order valence-corrected chi connectivity index (χ3v) is 5.75. The fourth-order valence-electron chi connectivity index (χ4n) is 4.00. The van der Waals surface area contributed by atoms with Crippen molar-refractivity contribution in [2.24, 2.45) is 11.7 Å². The van der Waals surface area contributed by atoms with Crippen LogP contribution in [0.1, 0.15) is 95.4 Å². The lowest BCUT2D eigenvalue weighted by Gasteiger charge is -2.31. The summed E-state index contributed by atoms with van der Waals surface area (Å²) in [5, 5.41) is 7.00. The molecule has 9 heteroatoms. The van der Waals surface area contributed by atoms with Gasteiger partial charge in [-0.15, -0.1) is 25.7 Å². The first kappa shape index (κ1) is 41.9. The number of carbonyl (C=O) groups excluding carboxylic acids is 1. The van der Waals surface area contributed by atoms with Crippen molar-refractivity contribution < 1.29 is 27.8 Å². The highest BCUT2D eigenvalue weighted by atomic mass is 19.4. The van der Waals surface area contributed by atoms with Crippen molar-refractivity contribution >= 4 is 5.91 Å². The van der Waals surface area contributed by atoms with Gasteiger partial charge in [0.2, 0.25) is 5.91 Å². The zero-order valence-electron chi connectivity index (χ0n) is 25.0. The molecule has 2 aliphatic heterocycles. The molecule has 2 aliphatic rings. The molecule has 1 atom stereocenters. The number of alkyl halides is 3. The second-order valence-corrected chi connectivity index (χ2v) is 8.99. The number of halogens is 3. The number of pyridine rings is 1. The average molecular weight is 572 g/mol. The number of nitrogens with two attached hydrogens (primary N) is 1. The number of rotatable bonds is 6. The Bertz CT molecular complexity index is 758. The molecule has 0 radical (unpaired) electrons. The Morgan fingerprint density at radius 1 is 1.07 bits per heavy atom. The summed E-state index contributed by atoms with van der Waals surface area (Å²) >= 11 is 0. The number of hydrogen-bond acceptors (Lipinski definition) is 5. The van der Waals surface area contributed by atoms with Crippen LogP contribution in [0.15, 0.2) is 12.3 Å². The maximum atomic E-state index is 12.8. The van der Waals surface area contributed by atoms with Crippen molar-refractivity contribution in [2.75, 3.05) is 33.4 Å². The summed E-state index contributed by atoms with van der Waals surface area (Å²) in [4.78, 5) is 18.3. The van der Waals surface area contributed by atoms with E-state index in [0.717, 1.165) is 58.3 Å². The first-order valence-electron chi connectivity index (χ1n) is 14.0. The van der Waals surface area contributed by atoms with Crippen LogP contribution in [0, 0.1) is 31.6 Å². The molecule has 0 saturated carbocycles. The molecule has 3 heterocycles. The van der Waals surface area contributed by atoms with Crippen LogP contribution in [0.25, 0.3) is 0 Å². The van der Waals surface area contributed by atoms with Gasteiger partial charge in [-0.25, -0.2) is 0 Å². The van der Waals surface area contributed by atoms with Crippen LogP contribution in [0.5, 0.6) is 0 Å². The Morgan fingerprint density at radius 2 is 1.62 bits per heavy atom. The normalized spacial score (nSPS) is 14.5. The summed E-state index contributed by atoms with van der Waals surface area (Å²) in [6.45, 7) is 9.52. The fourth-order valence-corrected chi connectivity index (χ4v) is 4.00. The van der Waals surface area contributed by atoms with E-state index in [0.29, 0.717) is 30.8 Å². The van der Waals surface area contributed by atoms with Crippen molar-refractivity contribution in [1.29, 1.82) is 0 Å². The largest absolute Gasteiger partial charge is 0.417 e. The molecule has 1 saturated heterocycles. The summed E-state index contributed by atoms with van der Waals surface area (Å²) in [5.41, 5.74) is 5.92. The average Bonchev–Trinajstić information content (AvgIpc) is 3.31. The zero-order chi connectivity index (χ0) is 31.4. The van der Waals surface area contributed by atoms with Crippen LogP contribution in [-0.2, 0) is 28.7 Å². The number of carbonyl (C=O) groups is 1. The van der Waals surface area contributed by atoms with Gasteiger partial charge in [0.25, 0.3) is 0 Å². The summed E-state index contributed by atoms with van der Waals surface area (Å²) in [6, 6.07) is 1.12. The number of nitrogens with zero attached hydrogens (tertiary/aromatic N) is 2. The molecule has 3 rings (SSSR count). The number of fused-ring (bicyclic) bond motifs is 1. The number of aromatic nitrogens is 1. The topological polar surface area (TPSA) is 88.7 Å². The van der Waals surface area contributed by atoms with Crippen LogP contribution in [0.3, 0.4) is 0 Å². The van der Waals surface area contributed by atoms with Crippen LogP contribution < -0.4 is 5.73 Å².